The highest BCUT2D eigenvalue weighted by molar-refractivity contribution is 7.98. The lowest BCUT2D eigenvalue weighted by molar-refractivity contribution is -0.0402. The lowest BCUT2D eigenvalue weighted by atomic mass is 9.88. The number of ether oxygens (including phenoxy) is 1. The number of hydrogen-bond donors (Lipinski definition) is 0. The van der Waals surface area contributed by atoms with Crippen molar-refractivity contribution in [2.75, 3.05) is 6.26 Å². The van der Waals surface area contributed by atoms with Gasteiger partial charge in [-0.2, -0.15) is 0 Å². The Morgan fingerprint density at radius 1 is 1.23 bits per heavy atom. The number of thiophene rings is 1. The van der Waals surface area contributed by atoms with Gasteiger partial charge in [0.1, 0.15) is 4.83 Å². The molecule has 7 heteroatoms. The number of pyridine rings is 1. The molecule has 4 heterocycles. The standard InChI is InChI=1S/C19H22ClN3OS2/c1-9(2)6-12-11-8-24-19(3,4)7-10(11)13-14-15(26-17(13)21-12)16(20)23-18(22-14)25-5/h9H,6-8H2,1-5H3. The third kappa shape index (κ3) is 3.11. The summed E-state index contributed by atoms with van der Waals surface area (Å²) < 4.78 is 7.05. The average molecular weight is 408 g/mol. The summed E-state index contributed by atoms with van der Waals surface area (Å²) in [7, 11) is 0. The van der Waals surface area contributed by atoms with E-state index in [0.717, 1.165) is 39.0 Å². The van der Waals surface area contributed by atoms with Gasteiger partial charge in [-0.15, -0.1) is 11.3 Å². The van der Waals surface area contributed by atoms with E-state index in [4.69, 9.17) is 26.3 Å². The summed E-state index contributed by atoms with van der Waals surface area (Å²) in [5.41, 5.74) is 4.47. The summed E-state index contributed by atoms with van der Waals surface area (Å²) in [6, 6.07) is 0. The predicted octanol–water partition coefficient (Wildman–Crippen LogP) is 5.66. The van der Waals surface area contributed by atoms with E-state index in [2.05, 4.69) is 32.7 Å². The van der Waals surface area contributed by atoms with Crippen LogP contribution in [-0.4, -0.2) is 26.8 Å². The molecule has 0 saturated heterocycles. The SMILES string of the molecule is CSc1nc(Cl)c2sc3nc(CC(C)C)c4c(c3c2n1)CC(C)(C)OC4. The molecule has 138 valence electrons. The lowest BCUT2D eigenvalue weighted by Crippen LogP contribution is -2.33. The topological polar surface area (TPSA) is 47.9 Å². The van der Waals surface area contributed by atoms with Crippen molar-refractivity contribution in [3.05, 3.63) is 22.0 Å². The van der Waals surface area contributed by atoms with Crippen LogP contribution in [0.4, 0.5) is 0 Å². The maximum atomic E-state index is 6.47. The van der Waals surface area contributed by atoms with Crippen LogP contribution in [0.15, 0.2) is 5.16 Å². The zero-order valence-electron chi connectivity index (χ0n) is 15.6. The van der Waals surface area contributed by atoms with E-state index in [1.165, 1.54) is 22.9 Å². The Hall–Kier alpha value is -0.950. The summed E-state index contributed by atoms with van der Waals surface area (Å²) >= 11 is 9.58. The second kappa shape index (κ2) is 6.59. The summed E-state index contributed by atoms with van der Waals surface area (Å²) in [4.78, 5) is 15.2. The molecule has 0 bridgehead atoms. The Labute approximate surface area is 166 Å². The fraction of sp³-hybridized carbons (Fsp3) is 0.526. The molecule has 0 fully saturated rings. The zero-order chi connectivity index (χ0) is 18.6. The Bertz CT molecular complexity index is 1010. The highest BCUT2D eigenvalue weighted by Gasteiger charge is 2.31. The fourth-order valence-electron chi connectivity index (χ4n) is 3.54. The summed E-state index contributed by atoms with van der Waals surface area (Å²) in [6.45, 7) is 9.36. The van der Waals surface area contributed by atoms with Crippen LogP contribution in [0.1, 0.15) is 44.5 Å². The average Bonchev–Trinajstić information content (AvgIpc) is 2.92. The number of fused-ring (bicyclic) bond motifs is 5. The minimum atomic E-state index is -0.191. The molecule has 0 aliphatic carbocycles. The molecule has 0 N–H and O–H groups in total. The van der Waals surface area contributed by atoms with Crippen LogP contribution in [0, 0.1) is 5.92 Å². The van der Waals surface area contributed by atoms with Crippen LogP contribution in [-0.2, 0) is 24.2 Å². The van der Waals surface area contributed by atoms with Crippen molar-refractivity contribution in [2.24, 2.45) is 5.92 Å². The van der Waals surface area contributed by atoms with Crippen LogP contribution < -0.4 is 0 Å². The maximum Gasteiger partial charge on any atom is 0.189 e. The number of hydrogen-bond acceptors (Lipinski definition) is 6. The number of rotatable bonds is 3. The fourth-order valence-corrected chi connectivity index (χ4v) is 5.28. The molecule has 1 aliphatic rings. The van der Waals surface area contributed by atoms with Crippen LogP contribution in [0.3, 0.4) is 0 Å². The van der Waals surface area contributed by atoms with E-state index < -0.39 is 0 Å². The van der Waals surface area contributed by atoms with Crippen LogP contribution in [0.5, 0.6) is 0 Å². The van der Waals surface area contributed by atoms with Gasteiger partial charge in [-0.3, -0.25) is 0 Å². The Morgan fingerprint density at radius 3 is 2.69 bits per heavy atom. The predicted molar refractivity (Wildman–Crippen MR) is 111 cm³/mol. The first-order valence-electron chi connectivity index (χ1n) is 8.77. The molecule has 0 saturated carbocycles. The third-order valence-corrected chi connectivity index (χ3v) is 6.71. The molecule has 0 atom stereocenters. The first-order valence-corrected chi connectivity index (χ1v) is 11.2. The van der Waals surface area contributed by atoms with Crippen molar-refractivity contribution >= 4 is 55.1 Å². The quantitative estimate of drug-likeness (QED) is 0.318. The molecule has 3 aromatic heterocycles. The van der Waals surface area contributed by atoms with Gasteiger partial charge >= 0.3 is 0 Å². The molecule has 0 amide bonds. The van der Waals surface area contributed by atoms with Gasteiger partial charge in [0.2, 0.25) is 0 Å². The van der Waals surface area contributed by atoms with E-state index in [9.17, 15) is 0 Å². The van der Waals surface area contributed by atoms with Gasteiger partial charge < -0.3 is 4.74 Å². The second-order valence-electron chi connectivity index (χ2n) is 7.80. The van der Waals surface area contributed by atoms with E-state index in [-0.39, 0.29) is 5.60 Å². The normalized spacial score (nSPS) is 16.6. The number of halogens is 1. The number of thioether (sulfide) groups is 1. The molecule has 0 spiro atoms. The summed E-state index contributed by atoms with van der Waals surface area (Å²) in [5.74, 6) is 0.542. The molecule has 4 nitrogen and oxygen atoms in total. The molecular formula is C19H22ClN3OS2. The van der Waals surface area contributed by atoms with Gasteiger partial charge in [0.25, 0.3) is 0 Å². The third-order valence-electron chi connectivity index (χ3n) is 4.70. The van der Waals surface area contributed by atoms with Crippen molar-refractivity contribution < 1.29 is 4.74 Å². The molecule has 4 rings (SSSR count). The Balaban J connectivity index is 2.08. The van der Waals surface area contributed by atoms with E-state index >= 15 is 0 Å². The van der Waals surface area contributed by atoms with E-state index in [0.29, 0.717) is 22.8 Å². The van der Waals surface area contributed by atoms with Crippen molar-refractivity contribution in [2.45, 2.75) is 57.9 Å². The van der Waals surface area contributed by atoms with Crippen molar-refractivity contribution in [3.8, 4) is 0 Å². The highest BCUT2D eigenvalue weighted by Crippen LogP contribution is 2.42. The number of aromatic nitrogens is 3. The number of nitrogens with zero attached hydrogens (tertiary/aromatic N) is 3. The molecule has 26 heavy (non-hydrogen) atoms. The summed E-state index contributed by atoms with van der Waals surface area (Å²) in [5, 5.41) is 2.37. The first-order chi connectivity index (χ1) is 12.3. The molecule has 1 aliphatic heterocycles. The smallest absolute Gasteiger partial charge is 0.189 e. The summed E-state index contributed by atoms with van der Waals surface area (Å²) in [6.07, 6.45) is 3.78. The molecule has 0 unspecified atom stereocenters. The molecule has 3 aromatic rings. The van der Waals surface area contributed by atoms with Crippen LogP contribution in [0.25, 0.3) is 20.4 Å². The van der Waals surface area contributed by atoms with Crippen LogP contribution in [0.2, 0.25) is 5.15 Å². The maximum absolute atomic E-state index is 6.47. The van der Waals surface area contributed by atoms with Crippen molar-refractivity contribution in [3.63, 3.8) is 0 Å². The zero-order valence-corrected chi connectivity index (χ0v) is 18.0. The Morgan fingerprint density at radius 2 is 2.00 bits per heavy atom. The van der Waals surface area contributed by atoms with Crippen molar-refractivity contribution in [1.29, 1.82) is 0 Å². The van der Waals surface area contributed by atoms with Gasteiger partial charge in [0.15, 0.2) is 10.3 Å². The van der Waals surface area contributed by atoms with Crippen molar-refractivity contribution in [1.82, 2.24) is 15.0 Å². The lowest BCUT2D eigenvalue weighted by Gasteiger charge is -2.33. The minimum Gasteiger partial charge on any atom is -0.370 e. The monoisotopic (exact) mass is 407 g/mol. The van der Waals surface area contributed by atoms with Gasteiger partial charge in [0.05, 0.1) is 22.4 Å². The van der Waals surface area contributed by atoms with E-state index in [1.807, 2.05) is 6.26 Å². The molecule has 0 radical (unpaired) electrons. The minimum absolute atomic E-state index is 0.191. The highest BCUT2D eigenvalue weighted by atomic mass is 35.5. The van der Waals surface area contributed by atoms with Gasteiger partial charge in [-0.05, 0) is 38.0 Å². The first kappa shape index (κ1) is 18.4. The van der Waals surface area contributed by atoms with Gasteiger partial charge in [-0.1, -0.05) is 37.2 Å². The molecule has 0 aromatic carbocycles. The van der Waals surface area contributed by atoms with Crippen LogP contribution >= 0.6 is 34.7 Å². The second-order valence-corrected chi connectivity index (χ2v) is 9.93. The molecular weight excluding hydrogens is 386 g/mol. The largest absolute Gasteiger partial charge is 0.370 e. The van der Waals surface area contributed by atoms with Gasteiger partial charge in [-0.25, -0.2) is 15.0 Å². The Kier molecular flexibility index (Phi) is 4.66. The van der Waals surface area contributed by atoms with Gasteiger partial charge in [0, 0.05) is 23.1 Å². The van der Waals surface area contributed by atoms with E-state index in [1.54, 1.807) is 11.3 Å².